The first kappa shape index (κ1) is 15.0. The number of aliphatic hydroxyl groups excluding tert-OH is 1. The predicted molar refractivity (Wildman–Crippen MR) is 74.0 cm³/mol. The predicted octanol–water partition coefficient (Wildman–Crippen LogP) is 3.10. The smallest absolute Gasteiger partial charge is 0.153 e. The van der Waals surface area contributed by atoms with Crippen LogP contribution in [0.25, 0.3) is 0 Å². The molecule has 18 heavy (non-hydrogen) atoms. The molecule has 0 aromatic heterocycles. The molecular formula is C16H24O2. The lowest BCUT2D eigenvalue weighted by molar-refractivity contribution is -0.112. The average Bonchev–Trinajstić information content (AvgIpc) is 3.07. The molecule has 0 radical (unpaired) electrons. The Morgan fingerprint density at radius 2 is 2.06 bits per heavy atom. The van der Waals surface area contributed by atoms with Gasteiger partial charge in [-0.1, -0.05) is 31.1 Å². The molecule has 1 fully saturated rings. The molecule has 0 aromatic rings. The minimum atomic E-state index is 0.0504. The number of allylic oxidation sites excluding steroid dienone is 2. The van der Waals surface area contributed by atoms with Crippen molar-refractivity contribution >= 4 is 5.78 Å². The van der Waals surface area contributed by atoms with Crippen molar-refractivity contribution in [1.82, 2.24) is 0 Å². The van der Waals surface area contributed by atoms with Crippen molar-refractivity contribution in [3.63, 3.8) is 0 Å². The van der Waals surface area contributed by atoms with Crippen LogP contribution in [0.1, 0.15) is 51.9 Å². The Morgan fingerprint density at radius 1 is 1.28 bits per heavy atom. The number of aliphatic hydroxyl groups is 1. The maximum atomic E-state index is 10.6. The molecule has 0 aromatic carbocycles. The molecule has 100 valence electrons. The summed E-state index contributed by atoms with van der Waals surface area (Å²) in [6.07, 6.45) is 11.4. The van der Waals surface area contributed by atoms with Gasteiger partial charge in [-0.2, -0.15) is 0 Å². The quantitative estimate of drug-likeness (QED) is 0.407. The fourth-order valence-corrected chi connectivity index (χ4v) is 2.26. The summed E-state index contributed by atoms with van der Waals surface area (Å²) in [4.78, 5) is 10.6. The molecule has 0 amide bonds. The summed E-state index contributed by atoms with van der Waals surface area (Å²) in [7, 11) is 0. The molecule has 0 spiro atoms. The van der Waals surface area contributed by atoms with E-state index in [1.54, 1.807) is 6.08 Å². The Bertz CT molecular complexity index is 333. The van der Waals surface area contributed by atoms with Crippen LogP contribution in [0, 0.1) is 23.7 Å². The van der Waals surface area contributed by atoms with Crippen LogP contribution in [0.3, 0.4) is 0 Å². The van der Waals surface area contributed by atoms with E-state index >= 15 is 0 Å². The van der Waals surface area contributed by atoms with Crippen LogP contribution in [0.5, 0.6) is 0 Å². The van der Waals surface area contributed by atoms with Gasteiger partial charge in [0, 0.05) is 13.0 Å². The summed E-state index contributed by atoms with van der Waals surface area (Å²) < 4.78 is 0. The van der Waals surface area contributed by atoms with E-state index in [2.05, 4.69) is 11.8 Å². The summed E-state index contributed by atoms with van der Waals surface area (Å²) >= 11 is 0. The standard InChI is InChI=1S/C16H24O2/c1-14(18)9-5-2-3-6-10-15-13-16(15)11-7-4-8-12-17/h5,9,15-17H,4,6-8,10-13H2,1H3/b9-5+. The zero-order valence-electron chi connectivity index (χ0n) is 11.3. The van der Waals surface area contributed by atoms with Crippen molar-refractivity contribution in [1.29, 1.82) is 0 Å². The second kappa shape index (κ2) is 8.94. The Balaban J connectivity index is 1.97. The first-order chi connectivity index (χ1) is 8.74. The maximum absolute atomic E-state index is 10.6. The lowest BCUT2D eigenvalue weighted by Gasteiger charge is -1.98. The SMILES string of the molecule is CC(=O)/C=C/C#CCCC1CC1CCCCCO. The molecule has 0 aliphatic heterocycles. The Morgan fingerprint density at radius 3 is 2.78 bits per heavy atom. The number of carbonyl (C=O) groups excluding carboxylic acids is 1. The number of hydrogen-bond acceptors (Lipinski definition) is 2. The van der Waals surface area contributed by atoms with E-state index in [1.165, 1.54) is 38.7 Å². The van der Waals surface area contributed by atoms with Gasteiger partial charge >= 0.3 is 0 Å². The number of rotatable bonds is 8. The number of unbranched alkanes of at least 4 members (excludes halogenated alkanes) is 2. The summed E-state index contributed by atoms with van der Waals surface area (Å²) in [5.41, 5.74) is 0. The van der Waals surface area contributed by atoms with Crippen LogP contribution in [0.4, 0.5) is 0 Å². The Hall–Kier alpha value is -1.07. The molecule has 1 saturated carbocycles. The summed E-state index contributed by atoms with van der Waals surface area (Å²) in [6.45, 7) is 1.86. The van der Waals surface area contributed by atoms with Gasteiger partial charge in [0.05, 0.1) is 0 Å². The summed E-state index contributed by atoms with van der Waals surface area (Å²) in [5, 5.41) is 8.68. The minimum Gasteiger partial charge on any atom is -0.396 e. The number of hydrogen-bond donors (Lipinski definition) is 1. The molecule has 1 N–H and O–H groups in total. The molecule has 1 aliphatic carbocycles. The molecule has 0 saturated heterocycles. The van der Waals surface area contributed by atoms with E-state index in [4.69, 9.17) is 5.11 Å². The van der Waals surface area contributed by atoms with Crippen LogP contribution in [0.2, 0.25) is 0 Å². The molecule has 1 aliphatic rings. The largest absolute Gasteiger partial charge is 0.396 e. The lowest BCUT2D eigenvalue weighted by atomic mass is 10.1. The zero-order valence-corrected chi connectivity index (χ0v) is 11.3. The van der Waals surface area contributed by atoms with Gasteiger partial charge in [-0.25, -0.2) is 0 Å². The fourth-order valence-electron chi connectivity index (χ4n) is 2.26. The van der Waals surface area contributed by atoms with Gasteiger partial charge < -0.3 is 5.11 Å². The molecule has 2 unspecified atom stereocenters. The monoisotopic (exact) mass is 248 g/mol. The maximum Gasteiger partial charge on any atom is 0.153 e. The van der Waals surface area contributed by atoms with Gasteiger partial charge in [-0.15, -0.1) is 0 Å². The molecule has 0 heterocycles. The average molecular weight is 248 g/mol. The van der Waals surface area contributed by atoms with E-state index in [-0.39, 0.29) is 5.78 Å². The van der Waals surface area contributed by atoms with Gasteiger partial charge in [0.15, 0.2) is 5.78 Å². The first-order valence-corrected chi connectivity index (χ1v) is 7.00. The number of ketones is 1. The van der Waals surface area contributed by atoms with Gasteiger partial charge in [0.2, 0.25) is 0 Å². The van der Waals surface area contributed by atoms with Crippen LogP contribution in [-0.2, 0) is 4.79 Å². The third-order valence-electron chi connectivity index (χ3n) is 3.45. The molecule has 2 atom stereocenters. The van der Waals surface area contributed by atoms with Crippen molar-refractivity contribution in [2.24, 2.45) is 11.8 Å². The van der Waals surface area contributed by atoms with Crippen molar-refractivity contribution in [3.8, 4) is 11.8 Å². The number of carbonyl (C=O) groups is 1. The van der Waals surface area contributed by atoms with E-state index in [1.807, 2.05) is 0 Å². The summed E-state index contributed by atoms with van der Waals surface area (Å²) in [5.74, 6) is 7.83. The molecular weight excluding hydrogens is 224 g/mol. The van der Waals surface area contributed by atoms with E-state index in [0.29, 0.717) is 6.61 Å². The van der Waals surface area contributed by atoms with Gasteiger partial charge in [-0.05, 0) is 50.2 Å². The van der Waals surface area contributed by atoms with Crippen LogP contribution in [0.15, 0.2) is 12.2 Å². The van der Waals surface area contributed by atoms with Crippen LogP contribution >= 0.6 is 0 Å². The minimum absolute atomic E-state index is 0.0504. The van der Waals surface area contributed by atoms with Crippen molar-refractivity contribution in [2.75, 3.05) is 6.61 Å². The second-order valence-electron chi connectivity index (χ2n) is 5.13. The first-order valence-electron chi connectivity index (χ1n) is 7.00. The highest BCUT2D eigenvalue weighted by atomic mass is 16.2. The molecule has 2 heteroatoms. The normalized spacial score (nSPS) is 21.7. The molecule has 0 bridgehead atoms. The highest BCUT2D eigenvalue weighted by Crippen LogP contribution is 2.45. The van der Waals surface area contributed by atoms with Gasteiger partial charge in [-0.3, -0.25) is 4.79 Å². The Kier molecular flexibility index (Phi) is 7.44. The third-order valence-corrected chi connectivity index (χ3v) is 3.45. The highest BCUT2D eigenvalue weighted by Gasteiger charge is 2.34. The third kappa shape index (κ3) is 7.29. The Labute approximate surface area is 110 Å². The summed E-state index contributed by atoms with van der Waals surface area (Å²) in [6, 6.07) is 0. The van der Waals surface area contributed by atoms with Crippen molar-refractivity contribution in [2.45, 2.75) is 51.9 Å². The second-order valence-corrected chi connectivity index (χ2v) is 5.13. The highest BCUT2D eigenvalue weighted by molar-refractivity contribution is 5.87. The van der Waals surface area contributed by atoms with Crippen molar-refractivity contribution < 1.29 is 9.90 Å². The van der Waals surface area contributed by atoms with Crippen molar-refractivity contribution in [3.05, 3.63) is 12.2 Å². The molecule has 1 rings (SSSR count). The fraction of sp³-hybridized carbons (Fsp3) is 0.688. The lowest BCUT2D eigenvalue weighted by Crippen LogP contribution is -1.87. The van der Waals surface area contributed by atoms with Gasteiger partial charge in [0.25, 0.3) is 0 Å². The molecule has 2 nitrogen and oxygen atoms in total. The topological polar surface area (TPSA) is 37.3 Å². The van der Waals surface area contributed by atoms with Gasteiger partial charge in [0.1, 0.15) is 0 Å². The van der Waals surface area contributed by atoms with Crippen LogP contribution in [-0.4, -0.2) is 17.5 Å². The zero-order chi connectivity index (χ0) is 13.2. The van der Waals surface area contributed by atoms with Crippen LogP contribution < -0.4 is 0 Å². The van der Waals surface area contributed by atoms with E-state index in [9.17, 15) is 4.79 Å². The van der Waals surface area contributed by atoms with E-state index < -0.39 is 0 Å². The van der Waals surface area contributed by atoms with E-state index in [0.717, 1.165) is 31.1 Å².